The van der Waals surface area contributed by atoms with Crippen LogP contribution >= 0.6 is 0 Å². The highest BCUT2D eigenvalue weighted by Crippen LogP contribution is 2.53. The summed E-state index contributed by atoms with van der Waals surface area (Å²) in [6.07, 6.45) is 0.743. The average molecular weight is 549 g/mol. The number of phenolic OH excluding ortho intramolecular Hbond substituents is 1. The van der Waals surface area contributed by atoms with Gasteiger partial charge < -0.3 is 30.9 Å². The first-order valence-corrected chi connectivity index (χ1v) is 12.5. The molecule has 4 atom stereocenters. The van der Waals surface area contributed by atoms with Crippen molar-refractivity contribution >= 4 is 23.8 Å². The molecule has 6 N–H and O–H groups in total. The number of nitrogens with two attached hydrogens (primary N) is 1. The molecule has 0 spiro atoms. The van der Waals surface area contributed by atoms with Crippen LogP contribution in [0.2, 0.25) is 0 Å². The van der Waals surface area contributed by atoms with Gasteiger partial charge in [-0.05, 0) is 67.7 Å². The summed E-state index contributed by atoms with van der Waals surface area (Å²) in [4.78, 5) is 52.5. The van der Waals surface area contributed by atoms with E-state index >= 15 is 0 Å². The van der Waals surface area contributed by atoms with E-state index in [-0.39, 0.29) is 35.3 Å². The van der Waals surface area contributed by atoms with Gasteiger partial charge in [0.15, 0.2) is 17.7 Å². The lowest BCUT2D eigenvalue weighted by atomic mass is 9.58. The molecule has 0 aromatic heterocycles. The molecule has 0 saturated carbocycles. The Labute approximate surface area is 228 Å². The van der Waals surface area contributed by atoms with Crippen LogP contribution in [0.5, 0.6) is 11.5 Å². The molecule has 11 nitrogen and oxygen atoms in total. The number of primary amides is 1. The van der Waals surface area contributed by atoms with Crippen molar-refractivity contribution in [2.24, 2.45) is 17.6 Å². The van der Waals surface area contributed by atoms with Crippen LogP contribution in [0.3, 0.4) is 0 Å². The number of ether oxygens (including phenoxy) is 1. The minimum Gasteiger partial charge on any atom is -0.510 e. The molecular weight excluding hydrogens is 520 g/mol. The molecule has 3 aliphatic rings. The molecule has 40 heavy (non-hydrogen) atoms. The predicted molar refractivity (Wildman–Crippen MR) is 141 cm³/mol. The lowest BCUT2D eigenvalue weighted by Crippen LogP contribution is -2.63. The fraction of sp³-hybridized carbons (Fsp3) is 0.310. The van der Waals surface area contributed by atoms with E-state index in [2.05, 4.69) is 0 Å². The van der Waals surface area contributed by atoms with Crippen molar-refractivity contribution in [2.45, 2.75) is 24.5 Å². The molecule has 11 heteroatoms. The largest absolute Gasteiger partial charge is 0.510 e. The summed E-state index contributed by atoms with van der Waals surface area (Å²) in [6.45, 7) is 0. The van der Waals surface area contributed by atoms with Crippen LogP contribution in [-0.2, 0) is 16.0 Å². The number of carbonyl (C=O) groups excluding carboxylic acids is 4. The Morgan fingerprint density at radius 2 is 1.85 bits per heavy atom. The van der Waals surface area contributed by atoms with Crippen molar-refractivity contribution < 1.29 is 44.3 Å². The van der Waals surface area contributed by atoms with Crippen LogP contribution in [0.4, 0.5) is 0 Å². The molecule has 0 heterocycles. The van der Waals surface area contributed by atoms with E-state index in [1.807, 2.05) is 0 Å². The maximum absolute atomic E-state index is 13.9. The topological polar surface area (TPSA) is 188 Å². The van der Waals surface area contributed by atoms with Crippen LogP contribution in [-0.4, -0.2) is 81.9 Å². The van der Waals surface area contributed by atoms with E-state index in [0.717, 1.165) is 0 Å². The number of nitrogens with zero attached hydrogens (tertiary/aromatic N) is 1. The van der Waals surface area contributed by atoms with E-state index in [0.29, 0.717) is 28.7 Å². The lowest BCUT2D eigenvalue weighted by Gasteiger charge is -2.50. The van der Waals surface area contributed by atoms with Crippen LogP contribution in [0, 0.1) is 11.8 Å². The number of ketones is 2. The third-order valence-electron chi connectivity index (χ3n) is 8.27. The Morgan fingerprint density at radius 3 is 2.45 bits per heavy atom. The number of methoxy groups -OCH3 is 1. The summed E-state index contributed by atoms with van der Waals surface area (Å²) in [5, 5.41) is 44.7. The molecule has 1 amide bonds. The molecule has 0 unspecified atom stereocenters. The maximum atomic E-state index is 13.9. The van der Waals surface area contributed by atoms with E-state index in [1.165, 1.54) is 18.1 Å². The van der Waals surface area contributed by atoms with Crippen LogP contribution < -0.4 is 10.5 Å². The Kier molecular flexibility index (Phi) is 6.31. The van der Waals surface area contributed by atoms with Crippen molar-refractivity contribution in [1.29, 1.82) is 0 Å². The number of amides is 1. The van der Waals surface area contributed by atoms with E-state index in [9.17, 15) is 39.6 Å². The smallest absolute Gasteiger partial charge is 0.255 e. The van der Waals surface area contributed by atoms with Gasteiger partial charge in [-0.2, -0.15) is 0 Å². The standard InChI is InChI=1S/C29H28N2O9/c1-31(2)23-17-10-13-9-16-15(12-4-7-19(40-3)14(8-12)11-32)5-6-18(33)21(16)24(34)20(13)26(36)29(17,39)27(37)22(25(23)35)28(30)38/h4-8,11,13,17,23,33,35-36,39H,9-10H2,1-3H3,(H2,30,38)/t13-,17-,23-,29+/m0/s1. The number of aldehydes is 1. The summed E-state index contributed by atoms with van der Waals surface area (Å²) >= 11 is 0. The van der Waals surface area contributed by atoms with Crippen molar-refractivity contribution in [1.82, 2.24) is 4.90 Å². The number of hydrogen-bond acceptors (Lipinski definition) is 10. The molecule has 208 valence electrons. The van der Waals surface area contributed by atoms with Crippen molar-refractivity contribution in [2.75, 3.05) is 21.2 Å². The van der Waals surface area contributed by atoms with Crippen molar-refractivity contribution in [3.63, 3.8) is 0 Å². The monoisotopic (exact) mass is 548 g/mol. The van der Waals surface area contributed by atoms with Gasteiger partial charge in [-0.25, -0.2) is 0 Å². The minimum absolute atomic E-state index is 0.0247. The highest BCUT2D eigenvalue weighted by molar-refractivity contribution is 6.25. The van der Waals surface area contributed by atoms with E-state index < -0.39 is 58.0 Å². The van der Waals surface area contributed by atoms with Gasteiger partial charge in [0.25, 0.3) is 5.91 Å². The Balaban J connectivity index is 1.71. The molecule has 5 rings (SSSR count). The molecule has 3 aliphatic carbocycles. The second-order valence-corrected chi connectivity index (χ2v) is 10.5. The van der Waals surface area contributed by atoms with Gasteiger partial charge >= 0.3 is 0 Å². The Bertz CT molecular complexity index is 1570. The van der Waals surface area contributed by atoms with Gasteiger partial charge in [-0.3, -0.25) is 24.1 Å². The first kappa shape index (κ1) is 27.1. The normalized spacial score (nSPS) is 25.9. The molecular formula is C29H28N2O9. The highest BCUT2D eigenvalue weighted by atomic mass is 16.5. The van der Waals surface area contributed by atoms with Gasteiger partial charge in [-0.15, -0.1) is 0 Å². The first-order valence-electron chi connectivity index (χ1n) is 12.5. The third-order valence-corrected chi connectivity index (χ3v) is 8.27. The number of aromatic hydroxyl groups is 1. The Morgan fingerprint density at radius 1 is 1.15 bits per heavy atom. The minimum atomic E-state index is -2.70. The number of hydrogen-bond donors (Lipinski definition) is 5. The third kappa shape index (κ3) is 3.58. The second kappa shape index (κ2) is 9.32. The summed E-state index contributed by atoms with van der Waals surface area (Å²) in [5.74, 6) is -6.75. The van der Waals surface area contributed by atoms with Gasteiger partial charge in [0, 0.05) is 11.5 Å². The fourth-order valence-electron chi connectivity index (χ4n) is 6.52. The molecule has 0 saturated heterocycles. The number of allylic oxidation sites excluding steroid dienone is 1. The molecule has 2 aromatic carbocycles. The number of phenols is 1. The quantitative estimate of drug-likeness (QED) is 0.271. The molecule has 0 aliphatic heterocycles. The van der Waals surface area contributed by atoms with Gasteiger partial charge in [0.2, 0.25) is 5.78 Å². The number of Topliss-reactive ketones (excluding diaryl/α,β-unsaturated/α-hetero) is 2. The van der Waals surface area contributed by atoms with Gasteiger partial charge in [-0.1, -0.05) is 12.1 Å². The summed E-state index contributed by atoms with van der Waals surface area (Å²) in [6, 6.07) is 6.77. The highest BCUT2D eigenvalue weighted by Gasteiger charge is 2.63. The first-order chi connectivity index (χ1) is 18.9. The van der Waals surface area contributed by atoms with Crippen LogP contribution in [0.1, 0.15) is 32.7 Å². The number of fused-ring (bicyclic) bond motifs is 3. The SMILES string of the molecule is COc1ccc(-c2ccc(O)c3c2C[C@H]2C[C@H]4[C@H](N(C)C)C(O)=C(C(N)=O)C(=O)[C@]4(O)C(O)=C2C3=O)cc1C=O. The number of benzene rings is 2. The Hall–Kier alpha value is -4.48. The zero-order chi connectivity index (χ0) is 29.3. The van der Waals surface area contributed by atoms with Crippen LogP contribution in [0.15, 0.2) is 53.0 Å². The fourth-order valence-corrected chi connectivity index (χ4v) is 6.52. The predicted octanol–water partition coefficient (Wildman–Crippen LogP) is 1.61. The van der Waals surface area contributed by atoms with Crippen molar-refractivity contribution in [3.8, 4) is 22.6 Å². The van der Waals surface area contributed by atoms with E-state index in [4.69, 9.17) is 10.5 Å². The molecule has 0 bridgehead atoms. The van der Waals surface area contributed by atoms with Gasteiger partial charge in [0.1, 0.15) is 28.6 Å². The number of aliphatic hydroxyl groups excluding tert-OH is 2. The van der Waals surface area contributed by atoms with Crippen molar-refractivity contribution in [3.05, 3.63) is 69.7 Å². The zero-order valence-corrected chi connectivity index (χ0v) is 22.0. The average Bonchev–Trinajstić information content (AvgIpc) is 2.90. The number of likely N-dealkylation sites (N-methyl/N-ethyl adjacent to an activating group) is 1. The number of rotatable bonds is 5. The molecule has 0 radical (unpaired) electrons. The zero-order valence-electron chi connectivity index (χ0n) is 22.0. The van der Waals surface area contributed by atoms with E-state index in [1.54, 1.807) is 38.4 Å². The summed E-state index contributed by atoms with van der Waals surface area (Å²) < 4.78 is 5.22. The van der Waals surface area contributed by atoms with Crippen LogP contribution in [0.25, 0.3) is 11.1 Å². The summed E-state index contributed by atoms with van der Waals surface area (Å²) in [7, 11) is 4.57. The maximum Gasteiger partial charge on any atom is 0.255 e. The number of carbonyl (C=O) groups is 4. The molecule has 2 aromatic rings. The molecule has 0 fully saturated rings. The summed E-state index contributed by atoms with van der Waals surface area (Å²) in [5.41, 5.74) is 3.34. The van der Waals surface area contributed by atoms with Gasteiger partial charge in [0.05, 0.1) is 24.3 Å². The lowest BCUT2D eigenvalue weighted by molar-refractivity contribution is -0.148. The second-order valence-electron chi connectivity index (χ2n) is 10.5. The number of aliphatic hydroxyl groups is 3.